The summed E-state index contributed by atoms with van der Waals surface area (Å²) < 4.78 is 2.65. The summed E-state index contributed by atoms with van der Waals surface area (Å²) in [5.41, 5.74) is 1.31. The second kappa shape index (κ2) is 4.03. The summed E-state index contributed by atoms with van der Waals surface area (Å²) in [5, 5.41) is 2.69. The quantitative estimate of drug-likeness (QED) is 0.684. The maximum atomic E-state index is 3.76. The molecule has 0 fully saturated rings. The monoisotopic (exact) mass is 214 g/mol. The molecule has 0 saturated carbocycles. The molecule has 0 N–H and O–H groups in total. The fraction of sp³-hybridized carbons (Fsp3) is 0.143. The number of fused-ring (bicyclic) bond motifs is 1. The molecule has 0 spiro atoms. The average molecular weight is 214 g/mol. The van der Waals surface area contributed by atoms with Gasteiger partial charge in [-0.05, 0) is 37.3 Å². The van der Waals surface area contributed by atoms with Crippen LogP contribution in [-0.4, -0.2) is 0 Å². The van der Waals surface area contributed by atoms with Crippen LogP contribution in [0.5, 0.6) is 0 Å². The first-order chi connectivity index (χ1) is 7.26. The zero-order valence-electron chi connectivity index (χ0n) is 9.08. The van der Waals surface area contributed by atoms with Crippen LogP contribution in [0.4, 0.5) is 0 Å². The lowest BCUT2D eigenvalue weighted by Gasteiger charge is -1.91. The minimum Gasteiger partial charge on any atom is -0.135 e. The van der Waals surface area contributed by atoms with E-state index in [1.807, 2.05) is 17.4 Å². The van der Waals surface area contributed by atoms with Gasteiger partial charge in [-0.1, -0.05) is 30.4 Å². The standard InChI is InChI=1S/C14H14S/c1-4-6-13-11(5-2)12-9-10(3)7-8-14(12)15-13/h4-9H,1H2,2-3H3/b11-5-,13-6+. The number of aryl methyl sites for hydroxylation is 1. The summed E-state index contributed by atoms with van der Waals surface area (Å²) in [6, 6.07) is 6.61. The zero-order chi connectivity index (χ0) is 10.8. The van der Waals surface area contributed by atoms with Gasteiger partial charge in [0.15, 0.2) is 0 Å². The van der Waals surface area contributed by atoms with E-state index in [9.17, 15) is 0 Å². The van der Waals surface area contributed by atoms with E-state index in [1.165, 1.54) is 25.4 Å². The van der Waals surface area contributed by atoms with Crippen molar-refractivity contribution in [1.82, 2.24) is 0 Å². The molecule has 2 aromatic rings. The first-order valence-corrected chi connectivity index (χ1v) is 5.86. The molecule has 0 atom stereocenters. The molecule has 0 saturated heterocycles. The predicted molar refractivity (Wildman–Crippen MR) is 70.6 cm³/mol. The minimum absolute atomic E-state index is 1.30. The van der Waals surface area contributed by atoms with Gasteiger partial charge in [0.2, 0.25) is 0 Å². The van der Waals surface area contributed by atoms with Gasteiger partial charge in [0.1, 0.15) is 0 Å². The first kappa shape index (κ1) is 10.2. The lowest BCUT2D eigenvalue weighted by molar-refractivity contribution is 1.51. The molecule has 0 aliphatic rings. The molecule has 1 aromatic heterocycles. The van der Waals surface area contributed by atoms with E-state index < -0.39 is 0 Å². The van der Waals surface area contributed by atoms with Gasteiger partial charge in [-0.3, -0.25) is 0 Å². The number of allylic oxidation sites excluding steroid dienone is 1. The van der Waals surface area contributed by atoms with Crippen LogP contribution in [0.25, 0.3) is 22.2 Å². The third-order valence-corrected chi connectivity index (χ3v) is 3.62. The van der Waals surface area contributed by atoms with Crippen LogP contribution in [0.3, 0.4) is 0 Å². The Labute approximate surface area is 93.9 Å². The van der Waals surface area contributed by atoms with E-state index in [0.717, 1.165) is 0 Å². The Bertz CT molecular complexity index is 615. The van der Waals surface area contributed by atoms with E-state index in [1.54, 1.807) is 0 Å². The Hall–Kier alpha value is -1.34. The molecule has 2 rings (SSSR count). The largest absolute Gasteiger partial charge is 0.135 e. The van der Waals surface area contributed by atoms with Crippen molar-refractivity contribution in [2.45, 2.75) is 13.8 Å². The highest BCUT2D eigenvalue weighted by atomic mass is 32.1. The van der Waals surface area contributed by atoms with Crippen molar-refractivity contribution in [3.63, 3.8) is 0 Å². The van der Waals surface area contributed by atoms with E-state index in [-0.39, 0.29) is 0 Å². The number of hydrogen-bond acceptors (Lipinski definition) is 1. The minimum atomic E-state index is 1.30. The Morgan fingerprint density at radius 1 is 1.33 bits per heavy atom. The summed E-state index contributed by atoms with van der Waals surface area (Å²) in [6.07, 6.45) is 6.10. The molecule has 0 radical (unpaired) electrons. The molecular formula is C14H14S. The number of benzene rings is 1. The van der Waals surface area contributed by atoms with Crippen LogP contribution >= 0.6 is 11.3 Å². The molecule has 0 nitrogen and oxygen atoms in total. The number of rotatable bonds is 1. The summed E-state index contributed by atoms with van der Waals surface area (Å²) in [4.78, 5) is 0. The lowest BCUT2D eigenvalue weighted by Crippen LogP contribution is -2.17. The van der Waals surface area contributed by atoms with Crippen LogP contribution in [-0.2, 0) is 0 Å². The Morgan fingerprint density at radius 3 is 2.80 bits per heavy atom. The van der Waals surface area contributed by atoms with Crippen LogP contribution in [0.15, 0.2) is 30.9 Å². The van der Waals surface area contributed by atoms with Gasteiger partial charge in [-0.25, -0.2) is 0 Å². The van der Waals surface area contributed by atoms with Crippen LogP contribution in [0.1, 0.15) is 12.5 Å². The highest BCUT2D eigenvalue weighted by molar-refractivity contribution is 7.17. The van der Waals surface area contributed by atoms with E-state index in [2.05, 4.69) is 50.8 Å². The Kier molecular flexibility index (Phi) is 2.74. The van der Waals surface area contributed by atoms with Crippen molar-refractivity contribution in [2.24, 2.45) is 0 Å². The lowest BCUT2D eigenvalue weighted by atomic mass is 10.1. The van der Waals surface area contributed by atoms with Gasteiger partial charge in [0, 0.05) is 14.6 Å². The maximum absolute atomic E-state index is 3.76. The van der Waals surface area contributed by atoms with Crippen molar-refractivity contribution in [3.05, 3.63) is 46.2 Å². The third kappa shape index (κ3) is 1.75. The second-order valence-corrected chi connectivity index (χ2v) is 4.65. The summed E-state index contributed by atoms with van der Waals surface area (Å²) in [6.45, 7) is 7.98. The van der Waals surface area contributed by atoms with Crippen LogP contribution in [0.2, 0.25) is 0 Å². The Morgan fingerprint density at radius 2 is 2.13 bits per heavy atom. The van der Waals surface area contributed by atoms with E-state index in [0.29, 0.717) is 0 Å². The molecule has 1 heteroatoms. The summed E-state index contributed by atoms with van der Waals surface area (Å²) in [5.74, 6) is 0. The van der Waals surface area contributed by atoms with Crippen molar-refractivity contribution in [2.75, 3.05) is 0 Å². The van der Waals surface area contributed by atoms with Gasteiger partial charge >= 0.3 is 0 Å². The fourth-order valence-electron chi connectivity index (χ4n) is 1.78. The Balaban J connectivity index is 3.00. The number of hydrogen-bond donors (Lipinski definition) is 0. The molecular weight excluding hydrogens is 200 g/mol. The molecule has 0 aliphatic heterocycles. The van der Waals surface area contributed by atoms with Gasteiger partial charge in [0.05, 0.1) is 0 Å². The van der Waals surface area contributed by atoms with Gasteiger partial charge in [0.25, 0.3) is 0 Å². The van der Waals surface area contributed by atoms with Gasteiger partial charge in [-0.2, -0.15) is 0 Å². The smallest absolute Gasteiger partial charge is 0.0355 e. The van der Waals surface area contributed by atoms with Crippen molar-refractivity contribution < 1.29 is 0 Å². The van der Waals surface area contributed by atoms with E-state index >= 15 is 0 Å². The topological polar surface area (TPSA) is 0 Å². The third-order valence-electron chi connectivity index (χ3n) is 2.47. The van der Waals surface area contributed by atoms with Crippen molar-refractivity contribution >= 4 is 33.6 Å². The molecule has 0 bridgehead atoms. The van der Waals surface area contributed by atoms with Crippen molar-refractivity contribution in [3.8, 4) is 0 Å². The molecule has 0 aliphatic carbocycles. The fourth-order valence-corrected chi connectivity index (χ4v) is 2.93. The molecule has 15 heavy (non-hydrogen) atoms. The zero-order valence-corrected chi connectivity index (χ0v) is 9.90. The SMILES string of the molecule is C=C/C=c1/sc2ccc(C)cc2/c1=C/C. The first-order valence-electron chi connectivity index (χ1n) is 5.04. The summed E-state index contributed by atoms with van der Waals surface area (Å²) >= 11 is 1.82. The van der Waals surface area contributed by atoms with E-state index in [4.69, 9.17) is 0 Å². The second-order valence-electron chi connectivity index (χ2n) is 3.57. The van der Waals surface area contributed by atoms with Crippen molar-refractivity contribution in [1.29, 1.82) is 0 Å². The van der Waals surface area contributed by atoms with Crippen LogP contribution < -0.4 is 9.75 Å². The van der Waals surface area contributed by atoms with Gasteiger partial charge in [-0.15, -0.1) is 11.3 Å². The highest BCUT2D eigenvalue weighted by Gasteiger charge is 1.99. The molecule has 0 amide bonds. The highest BCUT2D eigenvalue weighted by Crippen LogP contribution is 2.14. The molecule has 1 aromatic carbocycles. The predicted octanol–water partition coefficient (Wildman–Crippen LogP) is 2.98. The van der Waals surface area contributed by atoms with Gasteiger partial charge < -0.3 is 0 Å². The number of thiophene rings is 1. The normalized spacial score (nSPS) is 13.7. The average Bonchev–Trinajstić information content (AvgIpc) is 2.55. The molecule has 76 valence electrons. The molecule has 1 heterocycles. The van der Waals surface area contributed by atoms with Crippen LogP contribution in [0, 0.1) is 6.92 Å². The maximum Gasteiger partial charge on any atom is 0.0355 e. The molecule has 0 unspecified atom stereocenters. The summed E-state index contributed by atoms with van der Waals surface area (Å²) in [7, 11) is 0.